The Kier molecular flexibility index (Phi) is 4.87. The molecule has 1 fully saturated rings. The van der Waals surface area contributed by atoms with Gasteiger partial charge in [-0.25, -0.2) is 9.97 Å². The molecule has 0 spiro atoms. The molecule has 0 aliphatic heterocycles. The molecule has 0 unspecified atom stereocenters. The quantitative estimate of drug-likeness (QED) is 0.878. The number of nitrogens with zero attached hydrogens (tertiary/aromatic N) is 2. The molecular formula is C14H23N3S. The molecule has 2 rings (SSSR count). The van der Waals surface area contributed by atoms with Crippen LogP contribution < -0.4 is 5.32 Å². The minimum atomic E-state index is 0.454. The third-order valence-electron chi connectivity index (χ3n) is 3.39. The van der Waals surface area contributed by atoms with Crippen LogP contribution in [0.4, 0.5) is 5.82 Å². The highest BCUT2D eigenvalue weighted by Gasteiger charge is 2.16. The Bertz CT molecular complexity index is 387. The Balaban J connectivity index is 2.03. The van der Waals surface area contributed by atoms with E-state index in [9.17, 15) is 0 Å². The molecule has 0 amide bonds. The van der Waals surface area contributed by atoms with Crippen molar-refractivity contribution >= 4 is 17.6 Å². The van der Waals surface area contributed by atoms with Crippen molar-refractivity contribution in [2.45, 2.75) is 56.5 Å². The van der Waals surface area contributed by atoms with Crippen LogP contribution in [0.2, 0.25) is 0 Å². The van der Waals surface area contributed by atoms with Crippen LogP contribution in [0, 0.1) is 0 Å². The average molecular weight is 265 g/mol. The molecule has 0 saturated heterocycles. The average Bonchev–Trinajstić information content (AvgIpc) is 2.89. The summed E-state index contributed by atoms with van der Waals surface area (Å²) in [6, 6.07) is 2.05. The van der Waals surface area contributed by atoms with Gasteiger partial charge in [0.15, 0.2) is 0 Å². The van der Waals surface area contributed by atoms with Gasteiger partial charge >= 0.3 is 0 Å². The molecule has 0 bridgehead atoms. The smallest absolute Gasteiger partial charge is 0.140 e. The fourth-order valence-corrected chi connectivity index (χ4v) is 3.43. The number of thioether (sulfide) groups is 1. The maximum absolute atomic E-state index is 4.67. The minimum absolute atomic E-state index is 0.454. The topological polar surface area (TPSA) is 37.8 Å². The largest absolute Gasteiger partial charge is 0.373 e. The van der Waals surface area contributed by atoms with Gasteiger partial charge in [0.25, 0.3) is 0 Å². The van der Waals surface area contributed by atoms with Gasteiger partial charge in [-0.1, -0.05) is 26.7 Å². The van der Waals surface area contributed by atoms with Crippen LogP contribution in [0.25, 0.3) is 0 Å². The maximum Gasteiger partial charge on any atom is 0.140 e. The van der Waals surface area contributed by atoms with Crippen LogP contribution >= 0.6 is 11.8 Å². The van der Waals surface area contributed by atoms with Crippen LogP contribution in [0.3, 0.4) is 0 Å². The number of anilines is 1. The molecule has 1 aliphatic rings. The molecule has 0 aromatic carbocycles. The molecule has 0 atom stereocenters. The van der Waals surface area contributed by atoms with Crippen molar-refractivity contribution in [1.82, 2.24) is 9.97 Å². The van der Waals surface area contributed by atoms with Gasteiger partial charge in [0, 0.05) is 24.1 Å². The first-order valence-electron chi connectivity index (χ1n) is 6.86. The van der Waals surface area contributed by atoms with Crippen LogP contribution in [-0.4, -0.2) is 22.3 Å². The lowest BCUT2D eigenvalue weighted by Gasteiger charge is -2.11. The zero-order valence-electron chi connectivity index (χ0n) is 11.6. The molecule has 1 N–H and O–H groups in total. The highest BCUT2D eigenvalue weighted by Crippen LogP contribution is 2.31. The van der Waals surface area contributed by atoms with Crippen molar-refractivity contribution in [3.63, 3.8) is 0 Å². The van der Waals surface area contributed by atoms with Crippen molar-refractivity contribution in [2.24, 2.45) is 0 Å². The van der Waals surface area contributed by atoms with Crippen LogP contribution in [0.15, 0.2) is 6.07 Å². The van der Waals surface area contributed by atoms with Crippen molar-refractivity contribution in [2.75, 3.05) is 12.4 Å². The van der Waals surface area contributed by atoms with Crippen molar-refractivity contribution < 1.29 is 0 Å². The summed E-state index contributed by atoms with van der Waals surface area (Å²) in [7, 11) is 1.92. The Labute approximate surface area is 114 Å². The fraction of sp³-hybridized carbons (Fsp3) is 0.714. The van der Waals surface area contributed by atoms with E-state index in [-0.39, 0.29) is 0 Å². The first kappa shape index (κ1) is 13.7. The van der Waals surface area contributed by atoms with Gasteiger partial charge in [0.05, 0.1) is 5.75 Å². The molecule has 1 heterocycles. The van der Waals surface area contributed by atoms with E-state index in [2.05, 4.69) is 35.2 Å². The van der Waals surface area contributed by atoms with Gasteiger partial charge in [-0.15, -0.1) is 0 Å². The number of nitrogens with one attached hydrogen (secondary N) is 1. The summed E-state index contributed by atoms with van der Waals surface area (Å²) in [6.07, 6.45) is 5.53. The summed E-state index contributed by atoms with van der Waals surface area (Å²) >= 11 is 2.02. The normalized spacial score (nSPS) is 16.4. The summed E-state index contributed by atoms with van der Waals surface area (Å²) in [5.74, 6) is 3.31. The molecule has 1 aromatic rings. The fourth-order valence-electron chi connectivity index (χ4n) is 2.25. The minimum Gasteiger partial charge on any atom is -0.373 e. The zero-order chi connectivity index (χ0) is 13.0. The molecule has 1 aliphatic carbocycles. The predicted molar refractivity (Wildman–Crippen MR) is 79.2 cm³/mol. The van der Waals surface area contributed by atoms with Crippen molar-refractivity contribution in [3.05, 3.63) is 17.6 Å². The first-order chi connectivity index (χ1) is 8.69. The molecule has 18 heavy (non-hydrogen) atoms. The Morgan fingerprint density at radius 1 is 1.33 bits per heavy atom. The van der Waals surface area contributed by atoms with Gasteiger partial charge in [0.1, 0.15) is 11.6 Å². The summed E-state index contributed by atoms with van der Waals surface area (Å²) < 4.78 is 0. The summed E-state index contributed by atoms with van der Waals surface area (Å²) in [5, 5.41) is 3.96. The maximum atomic E-state index is 4.67. The summed E-state index contributed by atoms with van der Waals surface area (Å²) in [6.45, 7) is 4.35. The number of hydrogen-bond acceptors (Lipinski definition) is 4. The van der Waals surface area contributed by atoms with E-state index in [0.717, 1.165) is 28.3 Å². The van der Waals surface area contributed by atoms with E-state index in [1.165, 1.54) is 25.7 Å². The second-order valence-corrected chi connectivity index (χ2v) is 6.51. The van der Waals surface area contributed by atoms with Gasteiger partial charge in [-0.2, -0.15) is 11.8 Å². The van der Waals surface area contributed by atoms with E-state index < -0.39 is 0 Å². The monoisotopic (exact) mass is 265 g/mol. The molecule has 0 radical (unpaired) electrons. The highest BCUT2D eigenvalue weighted by molar-refractivity contribution is 7.99. The third kappa shape index (κ3) is 3.61. The number of hydrogen-bond donors (Lipinski definition) is 1. The number of aromatic nitrogens is 2. The first-order valence-corrected chi connectivity index (χ1v) is 7.91. The number of rotatable bonds is 5. The second kappa shape index (κ2) is 6.41. The van der Waals surface area contributed by atoms with Crippen molar-refractivity contribution in [3.8, 4) is 0 Å². The molecular weight excluding hydrogens is 242 g/mol. The Morgan fingerprint density at radius 3 is 2.67 bits per heavy atom. The molecule has 1 saturated carbocycles. The lowest BCUT2D eigenvalue weighted by molar-refractivity contribution is 0.799. The molecule has 4 heteroatoms. The summed E-state index contributed by atoms with van der Waals surface area (Å²) in [5.41, 5.74) is 1.14. The lowest BCUT2D eigenvalue weighted by Crippen LogP contribution is -2.05. The molecule has 3 nitrogen and oxygen atoms in total. The van der Waals surface area contributed by atoms with E-state index in [0.29, 0.717) is 5.92 Å². The van der Waals surface area contributed by atoms with Crippen LogP contribution in [0.1, 0.15) is 57.0 Å². The predicted octanol–water partition coefficient (Wildman–Crippen LogP) is 3.82. The molecule has 1 aromatic heterocycles. The standard InChI is InChI=1S/C14H23N3S/c1-10(2)12-8-13(15-3)17-14(16-12)9-18-11-6-4-5-7-11/h8,10-11H,4-7,9H2,1-3H3,(H,15,16,17). The highest BCUT2D eigenvalue weighted by atomic mass is 32.2. The van der Waals surface area contributed by atoms with Gasteiger partial charge in [-0.3, -0.25) is 0 Å². The van der Waals surface area contributed by atoms with Crippen LogP contribution in [-0.2, 0) is 5.75 Å². The summed E-state index contributed by atoms with van der Waals surface area (Å²) in [4.78, 5) is 9.22. The second-order valence-electron chi connectivity index (χ2n) is 5.22. The van der Waals surface area contributed by atoms with Crippen LogP contribution in [0.5, 0.6) is 0 Å². The molecule has 100 valence electrons. The van der Waals surface area contributed by atoms with E-state index in [1.807, 2.05) is 18.8 Å². The van der Waals surface area contributed by atoms with E-state index >= 15 is 0 Å². The van der Waals surface area contributed by atoms with E-state index in [1.54, 1.807) is 0 Å². The van der Waals surface area contributed by atoms with Gasteiger partial charge < -0.3 is 5.32 Å². The third-order valence-corrected chi connectivity index (χ3v) is 4.76. The Morgan fingerprint density at radius 2 is 2.06 bits per heavy atom. The SMILES string of the molecule is CNc1cc(C(C)C)nc(CSC2CCCC2)n1. The van der Waals surface area contributed by atoms with Gasteiger partial charge in [0.2, 0.25) is 0 Å². The van der Waals surface area contributed by atoms with Crippen molar-refractivity contribution in [1.29, 1.82) is 0 Å². The zero-order valence-corrected chi connectivity index (χ0v) is 12.4. The van der Waals surface area contributed by atoms with E-state index in [4.69, 9.17) is 0 Å². The van der Waals surface area contributed by atoms with Gasteiger partial charge in [-0.05, 0) is 18.8 Å². The Hall–Kier alpha value is -0.770. The lowest BCUT2D eigenvalue weighted by atomic mass is 10.1.